The lowest BCUT2D eigenvalue weighted by atomic mass is 10.2. The van der Waals surface area contributed by atoms with Gasteiger partial charge in [-0.2, -0.15) is 0 Å². The molecular formula is C12H6ClFN2O5. The normalized spacial score (nSPS) is 10.2. The molecule has 0 radical (unpaired) electrons. The standard InChI is InChI=1S/C12H6ClFN2O5/c13-8-2-1-7(4-9(8)14)21-11-10(16(19)20)3-6(5-15-11)12(17)18/h1-5H,(H,17,18). The zero-order chi connectivity index (χ0) is 15.6. The maximum atomic E-state index is 13.3. The summed E-state index contributed by atoms with van der Waals surface area (Å²) in [5.74, 6) is -2.64. The van der Waals surface area contributed by atoms with Gasteiger partial charge in [0.25, 0.3) is 5.88 Å². The Kier molecular flexibility index (Phi) is 3.99. The highest BCUT2D eigenvalue weighted by Crippen LogP contribution is 2.31. The van der Waals surface area contributed by atoms with Gasteiger partial charge in [-0.25, -0.2) is 14.2 Å². The summed E-state index contributed by atoms with van der Waals surface area (Å²) in [5.41, 5.74) is -1.01. The molecule has 1 aromatic heterocycles. The number of benzene rings is 1. The molecule has 0 aliphatic rings. The van der Waals surface area contributed by atoms with Gasteiger partial charge in [-0.1, -0.05) is 11.6 Å². The number of nitrogens with zero attached hydrogens (tertiary/aromatic N) is 2. The molecule has 1 aromatic carbocycles. The van der Waals surface area contributed by atoms with Gasteiger partial charge in [0.2, 0.25) is 0 Å². The van der Waals surface area contributed by atoms with Crippen LogP contribution in [0.25, 0.3) is 0 Å². The number of pyridine rings is 1. The van der Waals surface area contributed by atoms with Crippen molar-refractivity contribution in [3.8, 4) is 11.6 Å². The molecule has 0 unspecified atom stereocenters. The quantitative estimate of drug-likeness (QED) is 0.686. The maximum Gasteiger partial charge on any atom is 0.337 e. The predicted octanol–water partition coefficient (Wildman–Crippen LogP) is 3.27. The molecule has 0 bridgehead atoms. The summed E-state index contributed by atoms with van der Waals surface area (Å²) in [5, 5.41) is 19.5. The molecule has 21 heavy (non-hydrogen) atoms. The summed E-state index contributed by atoms with van der Waals surface area (Å²) >= 11 is 5.50. The second kappa shape index (κ2) is 5.71. The predicted molar refractivity (Wildman–Crippen MR) is 69.3 cm³/mol. The second-order valence-electron chi connectivity index (χ2n) is 3.79. The fourth-order valence-electron chi connectivity index (χ4n) is 1.42. The third kappa shape index (κ3) is 3.23. The smallest absolute Gasteiger partial charge is 0.337 e. The maximum absolute atomic E-state index is 13.3. The average molecular weight is 313 g/mol. The van der Waals surface area contributed by atoms with Crippen LogP contribution >= 0.6 is 11.6 Å². The van der Waals surface area contributed by atoms with Crippen LogP contribution in [0.2, 0.25) is 5.02 Å². The third-order valence-electron chi connectivity index (χ3n) is 2.38. The van der Waals surface area contributed by atoms with Crippen molar-refractivity contribution in [2.75, 3.05) is 0 Å². The second-order valence-corrected chi connectivity index (χ2v) is 4.20. The van der Waals surface area contributed by atoms with Gasteiger partial charge in [-0.3, -0.25) is 10.1 Å². The Bertz CT molecular complexity index is 738. The first-order valence-corrected chi connectivity index (χ1v) is 5.77. The number of ether oxygens (including phenoxy) is 1. The zero-order valence-corrected chi connectivity index (χ0v) is 10.9. The van der Waals surface area contributed by atoms with E-state index in [1.165, 1.54) is 12.1 Å². The molecule has 0 spiro atoms. The minimum atomic E-state index is -1.37. The van der Waals surface area contributed by atoms with E-state index in [0.29, 0.717) is 0 Å². The van der Waals surface area contributed by atoms with E-state index >= 15 is 0 Å². The lowest BCUT2D eigenvalue weighted by Crippen LogP contribution is -2.02. The molecule has 0 atom stereocenters. The monoisotopic (exact) mass is 312 g/mol. The molecule has 0 saturated heterocycles. The number of carboxylic acid groups (broad SMARTS) is 1. The summed E-state index contributed by atoms with van der Waals surface area (Å²) in [6, 6.07) is 4.24. The molecule has 2 aromatic rings. The molecule has 0 fully saturated rings. The van der Waals surface area contributed by atoms with E-state index < -0.39 is 28.3 Å². The molecule has 2 rings (SSSR count). The van der Waals surface area contributed by atoms with Crippen molar-refractivity contribution in [3.63, 3.8) is 0 Å². The van der Waals surface area contributed by atoms with Crippen LogP contribution in [0.5, 0.6) is 11.6 Å². The van der Waals surface area contributed by atoms with Gasteiger partial charge in [-0.15, -0.1) is 0 Å². The zero-order valence-electron chi connectivity index (χ0n) is 10.1. The minimum Gasteiger partial charge on any atom is -0.478 e. The molecule has 108 valence electrons. The Morgan fingerprint density at radius 2 is 2.14 bits per heavy atom. The first kappa shape index (κ1) is 14.7. The van der Waals surface area contributed by atoms with Crippen LogP contribution in [0.4, 0.5) is 10.1 Å². The summed E-state index contributed by atoms with van der Waals surface area (Å²) in [7, 11) is 0. The van der Waals surface area contributed by atoms with Crippen LogP contribution in [-0.2, 0) is 0 Å². The molecule has 0 aliphatic heterocycles. The average Bonchev–Trinajstić information content (AvgIpc) is 2.43. The molecule has 9 heteroatoms. The number of hydrogen-bond donors (Lipinski definition) is 1. The fraction of sp³-hybridized carbons (Fsp3) is 0. The van der Waals surface area contributed by atoms with E-state index in [2.05, 4.69) is 4.98 Å². The Morgan fingerprint density at radius 1 is 1.43 bits per heavy atom. The van der Waals surface area contributed by atoms with Gasteiger partial charge < -0.3 is 9.84 Å². The van der Waals surface area contributed by atoms with Crippen molar-refractivity contribution in [2.45, 2.75) is 0 Å². The highest BCUT2D eigenvalue weighted by atomic mass is 35.5. The summed E-state index contributed by atoms with van der Waals surface area (Å²) in [4.78, 5) is 24.4. The minimum absolute atomic E-state index is 0.0597. The SMILES string of the molecule is O=C(O)c1cnc(Oc2ccc(Cl)c(F)c2)c([N+](=O)[O-])c1. The summed E-state index contributed by atoms with van der Waals surface area (Å²) in [6.07, 6.45) is 0.900. The molecule has 0 amide bonds. The van der Waals surface area contributed by atoms with E-state index in [1.54, 1.807) is 0 Å². The number of halogens is 2. The third-order valence-corrected chi connectivity index (χ3v) is 2.69. The molecule has 1 heterocycles. The molecule has 0 aliphatic carbocycles. The Hall–Kier alpha value is -2.74. The number of hydrogen-bond acceptors (Lipinski definition) is 5. The van der Waals surface area contributed by atoms with Crippen molar-refractivity contribution < 1.29 is 24.0 Å². The lowest BCUT2D eigenvalue weighted by Gasteiger charge is -2.06. The van der Waals surface area contributed by atoms with Gasteiger partial charge in [-0.05, 0) is 12.1 Å². The van der Waals surface area contributed by atoms with Crippen molar-refractivity contribution in [2.24, 2.45) is 0 Å². The van der Waals surface area contributed by atoms with Crippen LogP contribution in [-0.4, -0.2) is 21.0 Å². The van der Waals surface area contributed by atoms with E-state index in [-0.39, 0.29) is 16.3 Å². The van der Waals surface area contributed by atoms with Crippen LogP contribution in [0, 0.1) is 15.9 Å². The highest BCUT2D eigenvalue weighted by Gasteiger charge is 2.21. The van der Waals surface area contributed by atoms with Crippen LogP contribution in [0.1, 0.15) is 10.4 Å². The van der Waals surface area contributed by atoms with Crippen molar-refractivity contribution in [1.29, 1.82) is 0 Å². The number of nitro groups is 1. The number of rotatable bonds is 4. The lowest BCUT2D eigenvalue weighted by molar-refractivity contribution is -0.386. The van der Waals surface area contributed by atoms with Gasteiger partial charge in [0.15, 0.2) is 0 Å². The number of carbonyl (C=O) groups is 1. The summed E-state index contributed by atoms with van der Waals surface area (Å²) < 4.78 is 18.4. The molecule has 1 N–H and O–H groups in total. The van der Waals surface area contributed by atoms with E-state index in [4.69, 9.17) is 21.4 Å². The molecular weight excluding hydrogens is 307 g/mol. The Labute approximate surface area is 121 Å². The fourth-order valence-corrected chi connectivity index (χ4v) is 1.54. The first-order valence-electron chi connectivity index (χ1n) is 5.39. The number of aromatic nitrogens is 1. The molecule has 0 saturated carbocycles. The van der Waals surface area contributed by atoms with Gasteiger partial charge in [0, 0.05) is 18.3 Å². The van der Waals surface area contributed by atoms with Crippen LogP contribution in [0.3, 0.4) is 0 Å². The van der Waals surface area contributed by atoms with Crippen LogP contribution in [0.15, 0.2) is 30.5 Å². The number of aromatic carboxylic acids is 1. The number of carboxylic acids is 1. The van der Waals surface area contributed by atoms with E-state index in [1.807, 2.05) is 0 Å². The van der Waals surface area contributed by atoms with Crippen molar-refractivity contribution in [3.05, 3.63) is 57.0 Å². The van der Waals surface area contributed by atoms with Crippen molar-refractivity contribution >= 4 is 23.3 Å². The van der Waals surface area contributed by atoms with Gasteiger partial charge in [0.1, 0.15) is 11.6 Å². The van der Waals surface area contributed by atoms with Crippen LogP contribution < -0.4 is 4.74 Å². The topological polar surface area (TPSA) is 103 Å². The van der Waals surface area contributed by atoms with Crippen molar-refractivity contribution in [1.82, 2.24) is 4.98 Å². The van der Waals surface area contributed by atoms with Gasteiger partial charge in [0.05, 0.1) is 15.5 Å². The van der Waals surface area contributed by atoms with Gasteiger partial charge >= 0.3 is 11.7 Å². The molecule has 7 nitrogen and oxygen atoms in total. The van der Waals surface area contributed by atoms with E-state index in [0.717, 1.165) is 18.3 Å². The summed E-state index contributed by atoms with van der Waals surface area (Å²) in [6.45, 7) is 0. The van der Waals surface area contributed by atoms with E-state index in [9.17, 15) is 19.3 Å². The highest BCUT2D eigenvalue weighted by molar-refractivity contribution is 6.30. The Morgan fingerprint density at radius 3 is 2.71 bits per heavy atom. The first-order chi connectivity index (χ1) is 9.88. The Balaban J connectivity index is 2.41. The largest absolute Gasteiger partial charge is 0.478 e.